The van der Waals surface area contributed by atoms with Crippen LogP contribution in [0.5, 0.6) is 0 Å². The molecule has 1 heterocycles. The zero-order chi connectivity index (χ0) is 12.1. The second kappa shape index (κ2) is 6.37. The molecule has 0 radical (unpaired) electrons. The number of rotatable bonds is 5. The van der Waals surface area contributed by atoms with Gasteiger partial charge in [0.05, 0.1) is 6.61 Å². The summed E-state index contributed by atoms with van der Waals surface area (Å²) in [5.41, 5.74) is 0. The summed E-state index contributed by atoms with van der Waals surface area (Å²) in [5.74, 6) is -0.199. The van der Waals surface area contributed by atoms with Crippen LogP contribution in [-0.2, 0) is 16.1 Å². The van der Waals surface area contributed by atoms with Crippen molar-refractivity contribution in [2.24, 2.45) is 0 Å². The number of aryl methyl sites for hydroxylation is 1. The van der Waals surface area contributed by atoms with Gasteiger partial charge in [0.25, 0.3) is 0 Å². The van der Waals surface area contributed by atoms with Crippen LogP contribution < -0.4 is 5.32 Å². The van der Waals surface area contributed by atoms with Crippen molar-refractivity contribution in [2.45, 2.75) is 33.4 Å². The van der Waals surface area contributed by atoms with Crippen LogP contribution in [0.25, 0.3) is 0 Å². The zero-order valence-corrected chi connectivity index (χ0v) is 12.1. The van der Waals surface area contributed by atoms with Crippen molar-refractivity contribution in [1.82, 2.24) is 5.32 Å². The Morgan fingerprint density at radius 1 is 1.69 bits per heavy atom. The van der Waals surface area contributed by atoms with Gasteiger partial charge in [-0.3, -0.25) is 10.1 Å². The van der Waals surface area contributed by atoms with Gasteiger partial charge in [0, 0.05) is 20.8 Å². The molecule has 1 rings (SSSR count). The largest absolute Gasteiger partial charge is 0.465 e. The highest BCUT2D eigenvalue weighted by molar-refractivity contribution is 9.10. The first-order chi connectivity index (χ1) is 7.54. The molecule has 0 amide bonds. The summed E-state index contributed by atoms with van der Waals surface area (Å²) in [4.78, 5) is 13.8. The number of hydrogen-bond donors (Lipinski definition) is 1. The summed E-state index contributed by atoms with van der Waals surface area (Å²) in [5, 5.41) is 3.14. The molecule has 0 saturated heterocycles. The fourth-order valence-electron chi connectivity index (χ4n) is 1.21. The summed E-state index contributed by atoms with van der Waals surface area (Å²) >= 11 is 5.19. The number of esters is 1. The summed E-state index contributed by atoms with van der Waals surface area (Å²) in [7, 11) is 0. The van der Waals surface area contributed by atoms with E-state index in [2.05, 4.69) is 34.2 Å². The monoisotopic (exact) mass is 305 g/mol. The molecule has 3 nitrogen and oxygen atoms in total. The van der Waals surface area contributed by atoms with Crippen LogP contribution in [0.3, 0.4) is 0 Å². The van der Waals surface area contributed by atoms with Crippen LogP contribution in [0.4, 0.5) is 0 Å². The second-order valence-electron chi connectivity index (χ2n) is 3.47. The van der Waals surface area contributed by atoms with Crippen molar-refractivity contribution in [3.63, 3.8) is 0 Å². The lowest BCUT2D eigenvalue weighted by Gasteiger charge is -2.11. The Morgan fingerprint density at radius 2 is 2.38 bits per heavy atom. The van der Waals surface area contributed by atoms with E-state index in [9.17, 15) is 4.79 Å². The highest BCUT2D eigenvalue weighted by Gasteiger charge is 2.13. The molecule has 0 saturated carbocycles. The predicted molar refractivity (Wildman–Crippen MR) is 69.7 cm³/mol. The van der Waals surface area contributed by atoms with Crippen molar-refractivity contribution in [2.75, 3.05) is 6.61 Å². The fourth-order valence-corrected chi connectivity index (χ4v) is 2.76. The number of thiophene rings is 1. The molecule has 16 heavy (non-hydrogen) atoms. The summed E-state index contributed by atoms with van der Waals surface area (Å²) in [6.07, 6.45) is 0. The van der Waals surface area contributed by atoms with E-state index in [0.29, 0.717) is 13.2 Å². The maximum Gasteiger partial charge on any atom is 0.322 e. The molecule has 90 valence electrons. The highest BCUT2D eigenvalue weighted by atomic mass is 79.9. The number of nitrogens with one attached hydrogen (secondary N) is 1. The van der Waals surface area contributed by atoms with E-state index < -0.39 is 0 Å². The van der Waals surface area contributed by atoms with Gasteiger partial charge in [0.2, 0.25) is 0 Å². The minimum atomic E-state index is -0.263. The van der Waals surface area contributed by atoms with Gasteiger partial charge in [0.15, 0.2) is 0 Å². The third-order valence-corrected chi connectivity index (χ3v) is 4.27. The van der Waals surface area contributed by atoms with E-state index in [0.717, 1.165) is 4.47 Å². The van der Waals surface area contributed by atoms with Crippen molar-refractivity contribution in [3.05, 3.63) is 20.3 Å². The Morgan fingerprint density at radius 3 is 2.88 bits per heavy atom. The molecule has 0 bridgehead atoms. The van der Waals surface area contributed by atoms with Gasteiger partial charge < -0.3 is 4.74 Å². The molecule has 0 aromatic carbocycles. The van der Waals surface area contributed by atoms with Crippen LogP contribution in [0.1, 0.15) is 23.6 Å². The summed E-state index contributed by atoms with van der Waals surface area (Å²) < 4.78 is 6.04. The number of ether oxygens (including phenoxy) is 1. The first-order valence-electron chi connectivity index (χ1n) is 5.19. The standard InChI is InChI=1S/C11H16BrNO2S/c1-4-15-11(14)7(2)13-6-9-5-10(12)8(3)16-9/h5,7,13H,4,6H2,1-3H3. The maximum atomic E-state index is 11.3. The first kappa shape index (κ1) is 13.7. The van der Waals surface area contributed by atoms with Gasteiger partial charge in [0.1, 0.15) is 6.04 Å². The number of hydrogen-bond acceptors (Lipinski definition) is 4. The molecule has 1 unspecified atom stereocenters. The molecular weight excluding hydrogens is 290 g/mol. The molecule has 1 aromatic heterocycles. The number of carbonyl (C=O) groups excluding carboxylic acids is 1. The quantitative estimate of drug-likeness (QED) is 0.850. The van der Waals surface area contributed by atoms with E-state index >= 15 is 0 Å². The van der Waals surface area contributed by atoms with Crippen LogP contribution >= 0.6 is 27.3 Å². The number of halogens is 1. The zero-order valence-electron chi connectivity index (χ0n) is 9.67. The minimum Gasteiger partial charge on any atom is -0.465 e. The van der Waals surface area contributed by atoms with Crippen LogP contribution in [0.15, 0.2) is 10.5 Å². The molecule has 5 heteroatoms. The molecule has 0 aliphatic rings. The topological polar surface area (TPSA) is 38.3 Å². The van der Waals surface area contributed by atoms with Crippen molar-refractivity contribution >= 4 is 33.2 Å². The van der Waals surface area contributed by atoms with Gasteiger partial charge in [-0.1, -0.05) is 0 Å². The Hall–Kier alpha value is -0.390. The van der Waals surface area contributed by atoms with E-state index in [4.69, 9.17) is 4.74 Å². The van der Waals surface area contributed by atoms with E-state index in [1.807, 2.05) is 13.8 Å². The minimum absolute atomic E-state index is 0.199. The molecule has 0 spiro atoms. The maximum absolute atomic E-state index is 11.3. The summed E-state index contributed by atoms with van der Waals surface area (Å²) in [6, 6.07) is 1.81. The fraction of sp³-hybridized carbons (Fsp3) is 0.545. The molecule has 1 N–H and O–H groups in total. The SMILES string of the molecule is CCOC(=O)C(C)NCc1cc(Br)c(C)s1. The van der Waals surface area contributed by atoms with Gasteiger partial charge in [-0.05, 0) is 42.8 Å². The lowest BCUT2D eigenvalue weighted by atomic mass is 10.3. The van der Waals surface area contributed by atoms with Gasteiger partial charge >= 0.3 is 5.97 Å². The average Bonchev–Trinajstić information content (AvgIpc) is 2.55. The lowest BCUT2D eigenvalue weighted by Crippen LogP contribution is -2.34. The van der Waals surface area contributed by atoms with Crippen LogP contribution in [0, 0.1) is 6.92 Å². The highest BCUT2D eigenvalue weighted by Crippen LogP contribution is 2.26. The van der Waals surface area contributed by atoms with E-state index in [-0.39, 0.29) is 12.0 Å². The Balaban J connectivity index is 2.42. The molecular formula is C11H16BrNO2S. The second-order valence-corrected chi connectivity index (χ2v) is 5.67. The third-order valence-electron chi connectivity index (χ3n) is 2.13. The molecule has 0 fully saturated rings. The van der Waals surface area contributed by atoms with E-state index in [1.165, 1.54) is 9.75 Å². The van der Waals surface area contributed by atoms with Gasteiger partial charge in [-0.25, -0.2) is 0 Å². The normalized spacial score (nSPS) is 12.5. The Labute approximate surface area is 108 Å². The lowest BCUT2D eigenvalue weighted by molar-refractivity contribution is -0.145. The summed E-state index contributed by atoms with van der Waals surface area (Å²) in [6.45, 7) is 6.80. The Kier molecular flexibility index (Phi) is 5.44. The van der Waals surface area contributed by atoms with E-state index in [1.54, 1.807) is 11.3 Å². The van der Waals surface area contributed by atoms with Crippen LogP contribution in [-0.4, -0.2) is 18.6 Å². The molecule has 0 aliphatic carbocycles. The van der Waals surface area contributed by atoms with Gasteiger partial charge in [-0.2, -0.15) is 0 Å². The van der Waals surface area contributed by atoms with Crippen molar-refractivity contribution in [1.29, 1.82) is 0 Å². The third kappa shape index (κ3) is 3.88. The van der Waals surface area contributed by atoms with Gasteiger partial charge in [-0.15, -0.1) is 11.3 Å². The van der Waals surface area contributed by atoms with Crippen molar-refractivity contribution < 1.29 is 9.53 Å². The first-order valence-corrected chi connectivity index (χ1v) is 6.80. The molecule has 1 atom stereocenters. The Bertz CT molecular complexity index is 345. The molecule has 0 aliphatic heterocycles. The number of carbonyl (C=O) groups is 1. The smallest absolute Gasteiger partial charge is 0.322 e. The molecule has 1 aromatic rings. The van der Waals surface area contributed by atoms with Crippen molar-refractivity contribution in [3.8, 4) is 0 Å². The average molecular weight is 306 g/mol. The predicted octanol–water partition coefficient (Wildman–Crippen LogP) is 2.86. The van der Waals surface area contributed by atoms with Crippen LogP contribution in [0.2, 0.25) is 0 Å².